The maximum Gasteiger partial charge on any atom is 0.251 e. The van der Waals surface area contributed by atoms with Crippen LogP contribution in [0.3, 0.4) is 0 Å². The van der Waals surface area contributed by atoms with Crippen molar-refractivity contribution in [3.63, 3.8) is 0 Å². The molecule has 2 bridgehead atoms. The predicted molar refractivity (Wildman–Crippen MR) is 210 cm³/mol. The van der Waals surface area contributed by atoms with Gasteiger partial charge in [0, 0.05) is 48.5 Å². The van der Waals surface area contributed by atoms with Crippen LogP contribution in [0.1, 0.15) is 45.2 Å². The smallest absolute Gasteiger partial charge is 0.251 e. The van der Waals surface area contributed by atoms with Crippen LogP contribution >= 0.6 is 11.8 Å². The Labute approximate surface area is 311 Å². The van der Waals surface area contributed by atoms with Crippen molar-refractivity contribution in [2.75, 3.05) is 54.1 Å². The largest absolute Gasteiger partial charge is 0.494 e. The lowest BCUT2D eigenvalue weighted by molar-refractivity contribution is -0.142. The molecule has 1 spiro atoms. The van der Waals surface area contributed by atoms with Crippen LogP contribution in [0.2, 0.25) is 0 Å². The molecule has 3 aromatic carbocycles. The molecule has 3 aliphatic heterocycles. The molecular formula is C42H50N4O5S. The number of thioether (sulfide) groups is 1. The van der Waals surface area contributed by atoms with E-state index in [0.717, 1.165) is 24.3 Å². The fraction of sp³-hybridized carbons (Fsp3) is 0.405. The Morgan fingerprint density at radius 1 is 0.904 bits per heavy atom. The summed E-state index contributed by atoms with van der Waals surface area (Å²) in [6, 6.07) is 23.0. The molecule has 0 aliphatic carbocycles. The summed E-state index contributed by atoms with van der Waals surface area (Å²) in [5.74, 6) is -1.37. The van der Waals surface area contributed by atoms with Crippen LogP contribution < -0.4 is 19.4 Å². The van der Waals surface area contributed by atoms with Crippen molar-refractivity contribution in [1.82, 2.24) is 4.90 Å². The highest BCUT2D eigenvalue weighted by Crippen LogP contribution is 2.67. The molecule has 10 heteroatoms. The third kappa shape index (κ3) is 6.51. The number of ether oxygens (including phenoxy) is 1. The third-order valence-corrected chi connectivity index (χ3v) is 12.8. The summed E-state index contributed by atoms with van der Waals surface area (Å²) in [5.41, 5.74) is 3.18. The number of amides is 3. The lowest BCUT2D eigenvalue weighted by Gasteiger charge is -2.40. The van der Waals surface area contributed by atoms with E-state index in [1.54, 1.807) is 38.6 Å². The second-order valence-corrected chi connectivity index (χ2v) is 15.1. The van der Waals surface area contributed by atoms with E-state index >= 15 is 9.59 Å². The van der Waals surface area contributed by atoms with E-state index < -0.39 is 28.7 Å². The van der Waals surface area contributed by atoms with Crippen molar-refractivity contribution < 1.29 is 24.2 Å². The number of carbonyl (C=O) groups is 3. The van der Waals surface area contributed by atoms with Gasteiger partial charge < -0.3 is 29.4 Å². The standard InChI is InChI=1S/C42H50N4O5S/c1-6-26-44(32-20-22-33(23-21-32)51-10-5)39(48)36-35-24-25-42(52-35)37(36)40(49)46(34(28-47)29-14-12-11-13-15-29)38(42)41(50)45(27-7-2)31-18-16-30(17-19-31)43(8-3)9-4/h6-7,11-23,34-38,47H,1-2,8-10,24-28H2,3-5H3/t34-,35+,36-,37+,38?,42?/m1/s1. The van der Waals surface area contributed by atoms with E-state index in [4.69, 9.17) is 4.74 Å². The van der Waals surface area contributed by atoms with Crippen molar-refractivity contribution in [3.8, 4) is 5.75 Å². The van der Waals surface area contributed by atoms with Gasteiger partial charge in [-0.1, -0.05) is 42.5 Å². The normalized spacial score (nSPS) is 23.5. The van der Waals surface area contributed by atoms with Crippen molar-refractivity contribution in [1.29, 1.82) is 0 Å². The fourth-order valence-corrected chi connectivity index (χ4v) is 10.8. The molecule has 9 nitrogen and oxygen atoms in total. The first-order valence-electron chi connectivity index (χ1n) is 18.4. The second-order valence-electron chi connectivity index (χ2n) is 13.5. The molecular weight excluding hydrogens is 673 g/mol. The molecule has 3 saturated heterocycles. The van der Waals surface area contributed by atoms with Gasteiger partial charge >= 0.3 is 0 Å². The van der Waals surface area contributed by atoms with Gasteiger partial charge in [0.25, 0.3) is 5.91 Å². The molecule has 3 aromatic rings. The molecule has 0 saturated carbocycles. The van der Waals surface area contributed by atoms with Crippen LogP contribution in [0, 0.1) is 11.8 Å². The van der Waals surface area contributed by atoms with E-state index in [0.29, 0.717) is 36.6 Å². The summed E-state index contributed by atoms with van der Waals surface area (Å²) in [6.45, 7) is 16.4. The Kier molecular flexibility index (Phi) is 11.5. The molecule has 3 amide bonds. The maximum absolute atomic E-state index is 15.3. The average Bonchev–Trinajstić information content (AvgIpc) is 3.82. The minimum absolute atomic E-state index is 0.139. The number of hydrogen-bond donors (Lipinski definition) is 1. The number of aliphatic hydroxyl groups is 1. The van der Waals surface area contributed by atoms with Gasteiger partial charge in [-0.05, 0) is 87.7 Å². The molecule has 6 atom stereocenters. The van der Waals surface area contributed by atoms with Crippen LogP contribution in [-0.4, -0.2) is 83.2 Å². The van der Waals surface area contributed by atoms with Gasteiger partial charge in [0.1, 0.15) is 11.8 Å². The van der Waals surface area contributed by atoms with Crippen LogP contribution in [0.25, 0.3) is 0 Å². The van der Waals surface area contributed by atoms with Crippen LogP contribution in [0.5, 0.6) is 5.75 Å². The number of nitrogens with zero attached hydrogens (tertiary/aromatic N) is 4. The Bertz CT molecular complexity index is 1750. The van der Waals surface area contributed by atoms with Crippen LogP contribution in [0.4, 0.5) is 17.1 Å². The highest BCUT2D eigenvalue weighted by atomic mass is 32.2. The zero-order chi connectivity index (χ0) is 37.0. The van der Waals surface area contributed by atoms with Gasteiger partial charge in [0.05, 0.1) is 35.8 Å². The first kappa shape index (κ1) is 37.2. The first-order chi connectivity index (χ1) is 25.3. The zero-order valence-electron chi connectivity index (χ0n) is 30.4. The monoisotopic (exact) mass is 722 g/mol. The summed E-state index contributed by atoms with van der Waals surface area (Å²) < 4.78 is 4.78. The van der Waals surface area contributed by atoms with E-state index in [-0.39, 0.29) is 42.7 Å². The third-order valence-electron chi connectivity index (χ3n) is 10.9. The summed E-state index contributed by atoms with van der Waals surface area (Å²) in [4.78, 5) is 52.4. The number of fused-ring (bicyclic) bond motifs is 1. The van der Waals surface area contributed by atoms with E-state index in [9.17, 15) is 9.90 Å². The number of carbonyl (C=O) groups excluding carboxylic acids is 3. The van der Waals surface area contributed by atoms with Gasteiger partial charge in [-0.15, -0.1) is 24.9 Å². The number of benzene rings is 3. The summed E-state index contributed by atoms with van der Waals surface area (Å²) >= 11 is 1.62. The van der Waals surface area contributed by atoms with Gasteiger partial charge in [0.15, 0.2) is 0 Å². The molecule has 3 fully saturated rings. The lowest BCUT2D eigenvalue weighted by Crippen LogP contribution is -2.56. The van der Waals surface area contributed by atoms with Gasteiger partial charge in [-0.2, -0.15) is 0 Å². The molecule has 6 rings (SSSR count). The minimum Gasteiger partial charge on any atom is -0.494 e. The van der Waals surface area contributed by atoms with Crippen molar-refractivity contribution in [3.05, 3.63) is 110 Å². The average molecular weight is 723 g/mol. The summed E-state index contributed by atoms with van der Waals surface area (Å²) in [6.07, 6.45) is 4.69. The highest BCUT2D eigenvalue weighted by Gasteiger charge is 2.75. The second kappa shape index (κ2) is 16.0. The fourth-order valence-electron chi connectivity index (χ4n) is 8.57. The molecule has 274 valence electrons. The lowest BCUT2D eigenvalue weighted by atomic mass is 9.70. The highest BCUT2D eigenvalue weighted by molar-refractivity contribution is 8.02. The number of likely N-dealkylation sites (tertiary alicyclic amines) is 1. The molecule has 52 heavy (non-hydrogen) atoms. The zero-order valence-corrected chi connectivity index (χ0v) is 31.2. The number of rotatable bonds is 16. The summed E-state index contributed by atoms with van der Waals surface area (Å²) in [7, 11) is 0. The Morgan fingerprint density at radius 3 is 2.04 bits per heavy atom. The molecule has 3 aliphatic rings. The quantitative estimate of drug-likeness (QED) is 0.169. The first-order valence-corrected chi connectivity index (χ1v) is 19.2. The van der Waals surface area contributed by atoms with Crippen LogP contribution in [-0.2, 0) is 14.4 Å². The van der Waals surface area contributed by atoms with Crippen LogP contribution in [0.15, 0.2) is 104 Å². The number of hydrogen-bond acceptors (Lipinski definition) is 7. The Morgan fingerprint density at radius 2 is 1.48 bits per heavy atom. The SMILES string of the molecule is C=CCN(C(=O)C1N([C@H](CO)c2ccccc2)C(=O)[C@@H]2[C@H](C(=O)N(CC=C)c3ccc(OCC)cc3)[C@@H]3CCC12S3)c1ccc(N(CC)CC)cc1. The topological polar surface area (TPSA) is 93.6 Å². The van der Waals surface area contributed by atoms with Crippen molar-refractivity contribution >= 4 is 46.5 Å². The van der Waals surface area contributed by atoms with E-state index in [1.807, 2.05) is 85.8 Å². The van der Waals surface area contributed by atoms with Gasteiger partial charge in [-0.3, -0.25) is 14.4 Å². The maximum atomic E-state index is 15.3. The molecule has 0 aromatic heterocycles. The Hall–Kier alpha value is -4.54. The molecule has 0 radical (unpaired) electrons. The number of aliphatic hydroxyl groups excluding tert-OH is 1. The molecule has 3 heterocycles. The van der Waals surface area contributed by atoms with Gasteiger partial charge in [0.2, 0.25) is 11.8 Å². The number of anilines is 3. The van der Waals surface area contributed by atoms with Crippen molar-refractivity contribution in [2.24, 2.45) is 11.8 Å². The Balaban J connectivity index is 1.43. The molecule has 1 N–H and O–H groups in total. The van der Waals surface area contributed by atoms with E-state index in [2.05, 4.69) is 31.9 Å². The van der Waals surface area contributed by atoms with E-state index in [1.165, 1.54) is 0 Å². The molecule has 2 unspecified atom stereocenters. The minimum atomic E-state index is -0.920. The van der Waals surface area contributed by atoms with Crippen molar-refractivity contribution in [2.45, 2.75) is 55.7 Å². The predicted octanol–water partition coefficient (Wildman–Crippen LogP) is 6.49. The summed E-state index contributed by atoms with van der Waals surface area (Å²) in [5, 5.41) is 10.8. The van der Waals surface area contributed by atoms with Gasteiger partial charge in [-0.25, -0.2) is 0 Å².